The van der Waals surface area contributed by atoms with Crippen LogP contribution in [0.3, 0.4) is 0 Å². The van der Waals surface area contributed by atoms with E-state index >= 15 is 0 Å². The number of rotatable bonds is 4. The van der Waals surface area contributed by atoms with Crippen molar-refractivity contribution in [1.29, 1.82) is 0 Å². The van der Waals surface area contributed by atoms with Crippen molar-refractivity contribution in [2.45, 2.75) is 18.6 Å². The Bertz CT molecular complexity index is 201. The normalized spacial score (nSPS) is 33.2. The fourth-order valence-electron chi connectivity index (χ4n) is 1.27. The summed E-state index contributed by atoms with van der Waals surface area (Å²) < 4.78 is 25.9. The van der Waals surface area contributed by atoms with Crippen LogP contribution in [0, 0.1) is 0 Å². The summed E-state index contributed by atoms with van der Waals surface area (Å²) in [5, 5.41) is 0. The highest BCUT2D eigenvalue weighted by Gasteiger charge is 2.29. The lowest BCUT2D eigenvalue weighted by Gasteiger charge is -2.17. The third-order valence-corrected chi connectivity index (χ3v) is 2.56. The predicted octanol–water partition coefficient (Wildman–Crippen LogP) is 0.622. The van der Waals surface area contributed by atoms with E-state index in [-0.39, 0.29) is 18.8 Å². The maximum absolute atomic E-state index is 10.8. The molecule has 0 aromatic rings. The van der Waals surface area contributed by atoms with Gasteiger partial charge in [-0.05, 0) is 6.42 Å². The zero-order chi connectivity index (χ0) is 9.90. The molecular weight excluding hydrogens is 195 g/mol. The van der Waals surface area contributed by atoms with Crippen molar-refractivity contribution in [3.63, 3.8) is 0 Å². The predicted molar refractivity (Wildman–Crippen MR) is 46.9 cm³/mol. The van der Waals surface area contributed by atoms with Gasteiger partial charge in [-0.25, -0.2) is 0 Å². The minimum atomic E-state index is -3.39. The summed E-state index contributed by atoms with van der Waals surface area (Å²) in [6.45, 7) is 1.89. The average Bonchev–Trinajstić information content (AvgIpc) is 2.46. The zero-order valence-corrected chi connectivity index (χ0v) is 8.70. The van der Waals surface area contributed by atoms with Gasteiger partial charge in [-0.1, -0.05) is 0 Å². The Morgan fingerprint density at radius 1 is 1.69 bits per heavy atom. The Morgan fingerprint density at radius 2 is 2.38 bits per heavy atom. The summed E-state index contributed by atoms with van der Waals surface area (Å²) in [7, 11) is -1.80. The van der Waals surface area contributed by atoms with E-state index in [0.29, 0.717) is 6.61 Å². The first kappa shape index (κ1) is 11.1. The van der Waals surface area contributed by atoms with Crippen LogP contribution in [-0.2, 0) is 18.6 Å². The Hall–Kier alpha value is 0.0700. The number of methoxy groups -OCH3 is 1. The van der Waals surface area contributed by atoms with Gasteiger partial charge in [-0.2, -0.15) is 0 Å². The molecule has 78 valence electrons. The molecule has 1 saturated heterocycles. The number of ether oxygens (including phenoxy) is 2. The highest BCUT2D eigenvalue weighted by molar-refractivity contribution is 7.51. The second-order valence-corrected chi connectivity index (χ2v) is 4.93. The van der Waals surface area contributed by atoms with E-state index in [9.17, 15) is 4.57 Å². The molecule has 1 aliphatic heterocycles. The summed E-state index contributed by atoms with van der Waals surface area (Å²) in [5.41, 5.74) is 0. The van der Waals surface area contributed by atoms with Crippen LogP contribution in [0.15, 0.2) is 0 Å². The molecule has 0 amide bonds. The van der Waals surface area contributed by atoms with Crippen molar-refractivity contribution >= 4 is 7.60 Å². The van der Waals surface area contributed by atoms with Gasteiger partial charge in [0.05, 0.1) is 12.7 Å². The Labute approximate surface area is 77.5 Å². The van der Waals surface area contributed by atoms with E-state index in [1.165, 1.54) is 0 Å². The van der Waals surface area contributed by atoms with Crippen LogP contribution in [0.5, 0.6) is 0 Å². The molecule has 3 atom stereocenters. The van der Waals surface area contributed by atoms with Gasteiger partial charge in [0, 0.05) is 20.4 Å². The molecule has 0 aromatic carbocycles. The van der Waals surface area contributed by atoms with Crippen molar-refractivity contribution in [2.24, 2.45) is 0 Å². The largest absolute Gasteiger partial charge is 0.379 e. The molecular formula is C7H15O5P. The van der Waals surface area contributed by atoms with Crippen LogP contribution in [0.25, 0.3) is 0 Å². The molecule has 13 heavy (non-hydrogen) atoms. The highest BCUT2D eigenvalue weighted by atomic mass is 31.2. The standard InChI is InChI=1S/C7H15O5P/c1-10-6-3-4-11-7(6)5-12-13(2,8)9/h6-7H,3-5H2,1-2H3,(H,8,9)/t6-,7?/m1/s1. The van der Waals surface area contributed by atoms with Gasteiger partial charge in [0.25, 0.3) is 0 Å². The molecule has 1 heterocycles. The minimum absolute atomic E-state index is 0.0217. The fourth-order valence-corrected chi connectivity index (χ4v) is 1.69. The van der Waals surface area contributed by atoms with Crippen LogP contribution in [0.2, 0.25) is 0 Å². The monoisotopic (exact) mass is 210 g/mol. The van der Waals surface area contributed by atoms with E-state index in [0.717, 1.165) is 13.1 Å². The quantitative estimate of drug-likeness (QED) is 0.689. The molecule has 0 aromatic heterocycles. The second kappa shape index (κ2) is 4.53. The lowest BCUT2D eigenvalue weighted by molar-refractivity contribution is -0.0104. The fraction of sp³-hybridized carbons (Fsp3) is 1.00. The van der Waals surface area contributed by atoms with Gasteiger partial charge in [-0.3, -0.25) is 4.57 Å². The van der Waals surface area contributed by atoms with Gasteiger partial charge in [-0.15, -0.1) is 0 Å². The van der Waals surface area contributed by atoms with Crippen LogP contribution >= 0.6 is 7.60 Å². The SMILES string of the molecule is CO[C@@H]1CCOC1COP(C)(=O)O. The van der Waals surface area contributed by atoms with Crippen LogP contribution in [-0.4, -0.2) is 44.1 Å². The van der Waals surface area contributed by atoms with Crippen molar-refractivity contribution in [3.8, 4) is 0 Å². The summed E-state index contributed by atoms with van der Waals surface area (Å²) in [4.78, 5) is 8.87. The highest BCUT2D eigenvalue weighted by Crippen LogP contribution is 2.37. The first-order valence-corrected chi connectivity index (χ1v) is 6.14. The summed E-state index contributed by atoms with van der Waals surface area (Å²) >= 11 is 0. The van der Waals surface area contributed by atoms with E-state index in [1.807, 2.05) is 0 Å². The lowest BCUT2D eigenvalue weighted by Crippen LogP contribution is -2.27. The third-order valence-electron chi connectivity index (χ3n) is 1.93. The summed E-state index contributed by atoms with van der Waals surface area (Å²) in [6.07, 6.45) is 0.571. The Kier molecular flexibility index (Phi) is 3.88. The Morgan fingerprint density at radius 3 is 2.92 bits per heavy atom. The molecule has 0 spiro atoms. The number of hydrogen-bond donors (Lipinski definition) is 1. The second-order valence-electron chi connectivity index (χ2n) is 3.07. The number of hydrogen-bond acceptors (Lipinski definition) is 4. The maximum atomic E-state index is 10.8. The summed E-state index contributed by atoms with van der Waals surface area (Å²) in [5.74, 6) is 0. The van der Waals surface area contributed by atoms with Crippen molar-refractivity contribution in [2.75, 3.05) is 27.0 Å². The molecule has 6 heteroatoms. The lowest BCUT2D eigenvalue weighted by atomic mass is 10.2. The van der Waals surface area contributed by atoms with Crippen molar-refractivity contribution < 1.29 is 23.5 Å². The smallest absolute Gasteiger partial charge is 0.325 e. The van der Waals surface area contributed by atoms with Crippen LogP contribution in [0.4, 0.5) is 0 Å². The topological polar surface area (TPSA) is 65.0 Å². The molecule has 0 bridgehead atoms. The molecule has 2 unspecified atom stereocenters. The van der Waals surface area contributed by atoms with Crippen molar-refractivity contribution in [3.05, 3.63) is 0 Å². The van der Waals surface area contributed by atoms with Crippen LogP contribution in [0.1, 0.15) is 6.42 Å². The average molecular weight is 210 g/mol. The van der Waals surface area contributed by atoms with E-state index in [4.69, 9.17) is 18.9 Å². The molecule has 1 fully saturated rings. The Balaban J connectivity index is 2.32. The van der Waals surface area contributed by atoms with E-state index in [2.05, 4.69) is 0 Å². The molecule has 0 saturated carbocycles. The maximum Gasteiger partial charge on any atom is 0.325 e. The molecule has 0 radical (unpaired) electrons. The van der Waals surface area contributed by atoms with Crippen LogP contribution < -0.4 is 0 Å². The molecule has 0 aliphatic carbocycles. The molecule has 1 N–H and O–H groups in total. The summed E-state index contributed by atoms with van der Waals surface area (Å²) in [6, 6.07) is 0. The third kappa shape index (κ3) is 3.75. The zero-order valence-electron chi connectivity index (χ0n) is 7.80. The molecule has 1 aliphatic rings. The van der Waals surface area contributed by atoms with Gasteiger partial charge in [0.1, 0.15) is 6.10 Å². The first-order valence-electron chi connectivity index (χ1n) is 4.12. The van der Waals surface area contributed by atoms with Gasteiger partial charge < -0.3 is 18.9 Å². The minimum Gasteiger partial charge on any atom is -0.379 e. The van der Waals surface area contributed by atoms with Gasteiger partial charge >= 0.3 is 7.60 Å². The molecule has 5 nitrogen and oxygen atoms in total. The molecule has 1 rings (SSSR count). The van der Waals surface area contributed by atoms with E-state index in [1.54, 1.807) is 7.11 Å². The van der Waals surface area contributed by atoms with Gasteiger partial charge in [0.15, 0.2) is 0 Å². The van der Waals surface area contributed by atoms with Crippen molar-refractivity contribution in [1.82, 2.24) is 0 Å². The first-order chi connectivity index (χ1) is 6.03. The van der Waals surface area contributed by atoms with E-state index < -0.39 is 7.60 Å². The van der Waals surface area contributed by atoms with Gasteiger partial charge in [0.2, 0.25) is 0 Å².